The van der Waals surface area contributed by atoms with Crippen LogP contribution >= 0.6 is 0 Å². The molecule has 0 saturated heterocycles. The number of hydrogen-bond acceptors (Lipinski definition) is 2. The van der Waals surface area contributed by atoms with Gasteiger partial charge in [-0.3, -0.25) is 0 Å². The number of rotatable bonds is 5. The maximum Gasteiger partial charge on any atom is 0.0164 e. The molecule has 0 amide bonds. The first-order chi connectivity index (χ1) is 7.81. The normalized spacial score (nSPS) is 22.4. The fourth-order valence-electron chi connectivity index (χ4n) is 2.53. The van der Waals surface area contributed by atoms with Crippen molar-refractivity contribution < 1.29 is 0 Å². The summed E-state index contributed by atoms with van der Waals surface area (Å²) in [6, 6.07) is 0.563. The van der Waals surface area contributed by atoms with Gasteiger partial charge in [0, 0.05) is 24.7 Å². The third-order valence-electron chi connectivity index (χ3n) is 3.88. The Bertz CT molecular complexity index is 211. The predicted molar refractivity (Wildman–Crippen MR) is 76.4 cm³/mol. The van der Waals surface area contributed by atoms with E-state index >= 15 is 0 Å². The van der Waals surface area contributed by atoms with Crippen LogP contribution in [0.15, 0.2) is 0 Å². The molecule has 0 heterocycles. The van der Waals surface area contributed by atoms with Gasteiger partial charge in [-0.25, -0.2) is 0 Å². The molecule has 2 N–H and O–H groups in total. The summed E-state index contributed by atoms with van der Waals surface area (Å²) >= 11 is 0. The van der Waals surface area contributed by atoms with Crippen LogP contribution in [0.4, 0.5) is 0 Å². The van der Waals surface area contributed by atoms with Gasteiger partial charge in [-0.15, -0.1) is 0 Å². The predicted octanol–water partition coefficient (Wildman–Crippen LogP) is 3.32. The van der Waals surface area contributed by atoms with Crippen molar-refractivity contribution >= 4 is 0 Å². The van der Waals surface area contributed by atoms with Crippen molar-refractivity contribution in [2.45, 2.75) is 78.3 Å². The Kier molecular flexibility index (Phi) is 5.46. The first-order valence-corrected chi connectivity index (χ1v) is 7.29. The molecule has 0 aromatic rings. The van der Waals surface area contributed by atoms with Crippen LogP contribution in [-0.2, 0) is 0 Å². The molecule has 0 radical (unpaired) electrons. The highest BCUT2D eigenvalue weighted by Crippen LogP contribution is 2.34. The van der Waals surface area contributed by atoms with E-state index < -0.39 is 0 Å². The molecule has 0 bridgehead atoms. The number of hydrogen-bond donors (Lipinski definition) is 2. The average Bonchev–Trinajstić information content (AvgIpc) is 2.24. The second-order valence-electron chi connectivity index (χ2n) is 7.28. The molecule has 1 atom stereocenters. The maximum absolute atomic E-state index is 3.70. The van der Waals surface area contributed by atoms with E-state index in [1.807, 2.05) is 0 Å². The van der Waals surface area contributed by atoms with Crippen molar-refractivity contribution in [1.29, 1.82) is 0 Å². The van der Waals surface area contributed by atoms with Crippen LogP contribution in [0.3, 0.4) is 0 Å². The largest absolute Gasteiger partial charge is 0.312 e. The molecule has 0 aromatic carbocycles. The van der Waals surface area contributed by atoms with E-state index in [1.165, 1.54) is 38.6 Å². The molecule has 2 heteroatoms. The Balaban J connectivity index is 2.20. The summed E-state index contributed by atoms with van der Waals surface area (Å²) in [6.07, 6.45) is 7.09. The Morgan fingerprint density at radius 3 is 2.24 bits per heavy atom. The average molecular weight is 240 g/mol. The van der Waals surface area contributed by atoms with Crippen LogP contribution in [0.25, 0.3) is 0 Å². The molecular formula is C15H32N2. The SMILES string of the molecule is CC(CNC(C)(C)C)NCC1(C)CCCCC1. The van der Waals surface area contributed by atoms with Crippen LogP contribution in [-0.4, -0.2) is 24.7 Å². The van der Waals surface area contributed by atoms with Gasteiger partial charge < -0.3 is 10.6 Å². The first kappa shape index (κ1) is 15.0. The van der Waals surface area contributed by atoms with Crippen LogP contribution in [0.2, 0.25) is 0 Å². The lowest BCUT2D eigenvalue weighted by molar-refractivity contribution is 0.200. The highest BCUT2D eigenvalue weighted by Gasteiger charge is 2.26. The van der Waals surface area contributed by atoms with Gasteiger partial charge in [-0.05, 0) is 46.0 Å². The van der Waals surface area contributed by atoms with Crippen molar-refractivity contribution in [3.8, 4) is 0 Å². The van der Waals surface area contributed by atoms with Gasteiger partial charge in [0.15, 0.2) is 0 Å². The molecule has 1 aliphatic rings. The zero-order chi connectivity index (χ0) is 12.9. The van der Waals surface area contributed by atoms with Crippen molar-refractivity contribution in [3.63, 3.8) is 0 Å². The summed E-state index contributed by atoms with van der Waals surface area (Å²) in [5.74, 6) is 0. The van der Waals surface area contributed by atoms with Crippen molar-refractivity contribution in [1.82, 2.24) is 10.6 Å². The minimum absolute atomic E-state index is 0.227. The third-order valence-corrected chi connectivity index (χ3v) is 3.88. The van der Waals surface area contributed by atoms with E-state index in [-0.39, 0.29) is 5.54 Å². The molecule has 1 rings (SSSR count). The van der Waals surface area contributed by atoms with Crippen molar-refractivity contribution in [2.24, 2.45) is 5.41 Å². The maximum atomic E-state index is 3.70. The highest BCUT2D eigenvalue weighted by atomic mass is 15.0. The summed E-state index contributed by atoms with van der Waals surface area (Å²) in [5, 5.41) is 7.26. The van der Waals surface area contributed by atoms with E-state index in [1.54, 1.807) is 0 Å². The lowest BCUT2D eigenvalue weighted by atomic mass is 9.75. The quantitative estimate of drug-likeness (QED) is 0.770. The second-order valence-corrected chi connectivity index (χ2v) is 7.28. The lowest BCUT2D eigenvalue weighted by Gasteiger charge is -2.35. The minimum atomic E-state index is 0.227. The van der Waals surface area contributed by atoms with Gasteiger partial charge in [0.2, 0.25) is 0 Å². The van der Waals surface area contributed by atoms with Crippen LogP contribution < -0.4 is 10.6 Å². The molecular weight excluding hydrogens is 208 g/mol. The number of nitrogens with one attached hydrogen (secondary N) is 2. The lowest BCUT2D eigenvalue weighted by Crippen LogP contribution is -2.47. The first-order valence-electron chi connectivity index (χ1n) is 7.29. The molecule has 1 fully saturated rings. The monoisotopic (exact) mass is 240 g/mol. The topological polar surface area (TPSA) is 24.1 Å². The molecule has 102 valence electrons. The van der Waals surface area contributed by atoms with Gasteiger partial charge in [-0.2, -0.15) is 0 Å². The summed E-state index contributed by atoms with van der Waals surface area (Å²) in [7, 11) is 0. The standard InChI is InChI=1S/C15H32N2/c1-13(11-17-14(2,3)4)16-12-15(5)9-7-6-8-10-15/h13,16-17H,6-12H2,1-5H3. The van der Waals surface area contributed by atoms with Gasteiger partial charge >= 0.3 is 0 Å². The summed E-state index contributed by atoms with van der Waals surface area (Å²) in [4.78, 5) is 0. The van der Waals surface area contributed by atoms with E-state index in [0.717, 1.165) is 6.54 Å². The van der Waals surface area contributed by atoms with E-state index in [9.17, 15) is 0 Å². The van der Waals surface area contributed by atoms with Gasteiger partial charge in [0.1, 0.15) is 0 Å². The second kappa shape index (κ2) is 6.19. The Hall–Kier alpha value is -0.0800. The zero-order valence-corrected chi connectivity index (χ0v) is 12.5. The molecule has 1 saturated carbocycles. The summed E-state index contributed by atoms with van der Waals surface area (Å²) < 4.78 is 0. The Morgan fingerprint density at radius 2 is 1.71 bits per heavy atom. The molecule has 0 aromatic heterocycles. The summed E-state index contributed by atoms with van der Waals surface area (Å²) in [6.45, 7) is 13.6. The van der Waals surface area contributed by atoms with Gasteiger partial charge in [0.05, 0.1) is 0 Å². The third kappa shape index (κ3) is 6.42. The van der Waals surface area contributed by atoms with Crippen molar-refractivity contribution in [3.05, 3.63) is 0 Å². The van der Waals surface area contributed by atoms with Gasteiger partial charge in [-0.1, -0.05) is 26.2 Å². The molecule has 1 aliphatic carbocycles. The van der Waals surface area contributed by atoms with Crippen LogP contribution in [0.1, 0.15) is 66.7 Å². The fourth-order valence-corrected chi connectivity index (χ4v) is 2.53. The fraction of sp³-hybridized carbons (Fsp3) is 1.00. The highest BCUT2D eigenvalue weighted by molar-refractivity contribution is 4.82. The Morgan fingerprint density at radius 1 is 1.12 bits per heavy atom. The molecule has 17 heavy (non-hydrogen) atoms. The molecule has 1 unspecified atom stereocenters. The molecule has 2 nitrogen and oxygen atoms in total. The summed E-state index contributed by atoms with van der Waals surface area (Å²) in [5.41, 5.74) is 0.777. The smallest absolute Gasteiger partial charge is 0.0164 e. The molecule has 0 spiro atoms. The van der Waals surface area contributed by atoms with E-state index in [0.29, 0.717) is 11.5 Å². The van der Waals surface area contributed by atoms with E-state index in [4.69, 9.17) is 0 Å². The van der Waals surface area contributed by atoms with Crippen LogP contribution in [0.5, 0.6) is 0 Å². The zero-order valence-electron chi connectivity index (χ0n) is 12.5. The van der Waals surface area contributed by atoms with Gasteiger partial charge in [0.25, 0.3) is 0 Å². The minimum Gasteiger partial charge on any atom is -0.312 e. The Labute approximate surface area is 108 Å². The van der Waals surface area contributed by atoms with E-state index in [2.05, 4.69) is 45.3 Å². The molecule has 0 aliphatic heterocycles. The van der Waals surface area contributed by atoms with Crippen molar-refractivity contribution in [2.75, 3.05) is 13.1 Å². The van der Waals surface area contributed by atoms with Crippen LogP contribution in [0, 0.1) is 5.41 Å².